The van der Waals surface area contributed by atoms with Gasteiger partial charge in [0.15, 0.2) is 5.17 Å². The molecule has 0 unspecified atom stereocenters. The zero-order chi connectivity index (χ0) is 15.5. The maximum absolute atomic E-state index is 12.2. The molecule has 2 rings (SSSR count). The van der Waals surface area contributed by atoms with E-state index < -0.39 is 10.0 Å². The van der Waals surface area contributed by atoms with Crippen molar-refractivity contribution in [2.45, 2.75) is 11.3 Å². The summed E-state index contributed by atoms with van der Waals surface area (Å²) in [5, 5.41) is 3.48. The number of nitrogens with zero attached hydrogens (tertiary/aromatic N) is 2. The fraction of sp³-hybridized carbons (Fsp3) is 0.462. The van der Waals surface area contributed by atoms with Crippen molar-refractivity contribution in [3.8, 4) is 5.75 Å². The number of thioether (sulfide) groups is 1. The third-order valence-corrected chi connectivity index (χ3v) is 5.29. The molecule has 1 heterocycles. The summed E-state index contributed by atoms with van der Waals surface area (Å²) in [5.74, 6) is 1.31. The van der Waals surface area contributed by atoms with Gasteiger partial charge in [-0.3, -0.25) is 0 Å². The van der Waals surface area contributed by atoms with Gasteiger partial charge in [0.1, 0.15) is 10.6 Å². The Hall–Kier alpha value is -1.25. The van der Waals surface area contributed by atoms with Crippen LogP contribution >= 0.6 is 11.8 Å². The molecule has 0 aromatic heterocycles. The Morgan fingerprint density at radius 2 is 2.14 bits per heavy atom. The average Bonchev–Trinajstić information content (AvgIpc) is 2.42. The van der Waals surface area contributed by atoms with Crippen LogP contribution in [0.3, 0.4) is 0 Å². The highest BCUT2D eigenvalue weighted by Gasteiger charge is 2.25. The highest BCUT2D eigenvalue weighted by atomic mass is 32.2. The largest absolute Gasteiger partial charge is 0.497 e. The van der Waals surface area contributed by atoms with E-state index in [1.807, 2.05) is 14.1 Å². The maximum Gasteiger partial charge on any atom is 0.286 e. The Kier molecular flexibility index (Phi) is 5.13. The number of hydrogen-bond acceptors (Lipinski definition) is 6. The van der Waals surface area contributed by atoms with Crippen LogP contribution in [-0.2, 0) is 10.0 Å². The van der Waals surface area contributed by atoms with E-state index in [1.54, 1.807) is 12.1 Å². The van der Waals surface area contributed by atoms with Crippen molar-refractivity contribution in [3.05, 3.63) is 18.2 Å². The summed E-state index contributed by atoms with van der Waals surface area (Å²) in [6.07, 6.45) is 0.966. The van der Waals surface area contributed by atoms with E-state index in [4.69, 9.17) is 4.74 Å². The summed E-state index contributed by atoms with van der Waals surface area (Å²) in [4.78, 5) is 2.24. The highest BCUT2D eigenvalue weighted by molar-refractivity contribution is 8.14. The van der Waals surface area contributed by atoms with Crippen LogP contribution in [0.15, 0.2) is 27.5 Å². The number of methoxy groups -OCH3 is 1. The maximum atomic E-state index is 12.2. The molecule has 0 saturated heterocycles. The fourth-order valence-electron chi connectivity index (χ4n) is 1.85. The summed E-state index contributed by atoms with van der Waals surface area (Å²) in [5.41, 5.74) is 0.543. The minimum absolute atomic E-state index is 0.152. The standard InChI is InChI=1S/C13H19N3O3S2/c1-16(2)7-4-8-20-13-14-11-6-5-10(19-3)9-12(11)21(17,18)15-13/h5-6,9H,4,7-8H2,1-3H3,(H,14,15). The summed E-state index contributed by atoms with van der Waals surface area (Å²) < 4.78 is 33.2. The SMILES string of the molecule is COc1ccc2c(c1)S(=O)(=O)N=C(SCCCN(C)C)N2. The molecule has 0 bridgehead atoms. The van der Waals surface area contributed by atoms with Gasteiger partial charge in [0.05, 0.1) is 12.8 Å². The van der Waals surface area contributed by atoms with Crippen molar-refractivity contribution in [1.82, 2.24) is 4.90 Å². The number of nitrogens with one attached hydrogen (secondary N) is 1. The lowest BCUT2D eigenvalue weighted by Crippen LogP contribution is -2.20. The van der Waals surface area contributed by atoms with Crippen LogP contribution in [0.1, 0.15) is 6.42 Å². The van der Waals surface area contributed by atoms with Crippen molar-refractivity contribution in [2.75, 3.05) is 38.8 Å². The predicted molar refractivity (Wildman–Crippen MR) is 86.9 cm³/mol. The van der Waals surface area contributed by atoms with Gasteiger partial charge in [-0.05, 0) is 39.2 Å². The zero-order valence-corrected chi connectivity index (χ0v) is 13.9. The molecule has 1 aromatic carbocycles. The smallest absolute Gasteiger partial charge is 0.286 e. The Balaban J connectivity index is 2.10. The molecule has 0 spiro atoms. The fourth-order valence-corrected chi connectivity index (χ4v) is 4.03. The predicted octanol–water partition coefficient (Wildman–Crippen LogP) is 1.85. The molecule has 0 radical (unpaired) electrons. The summed E-state index contributed by atoms with van der Waals surface area (Å²) in [7, 11) is 1.85. The molecule has 6 nitrogen and oxygen atoms in total. The van der Waals surface area contributed by atoms with Crippen LogP contribution in [-0.4, -0.2) is 52.0 Å². The Morgan fingerprint density at radius 1 is 1.38 bits per heavy atom. The molecule has 0 aliphatic carbocycles. The van der Waals surface area contributed by atoms with Crippen molar-refractivity contribution in [3.63, 3.8) is 0 Å². The van der Waals surface area contributed by atoms with E-state index in [0.717, 1.165) is 18.7 Å². The normalized spacial score (nSPS) is 16.1. The number of rotatable bonds is 5. The van der Waals surface area contributed by atoms with Crippen LogP contribution in [0.2, 0.25) is 0 Å². The van der Waals surface area contributed by atoms with Gasteiger partial charge in [-0.25, -0.2) is 0 Å². The molecule has 8 heteroatoms. The summed E-state index contributed by atoms with van der Waals surface area (Å²) in [6.45, 7) is 0.959. The Morgan fingerprint density at radius 3 is 2.81 bits per heavy atom. The average molecular weight is 329 g/mol. The number of amidine groups is 1. The van der Waals surface area contributed by atoms with E-state index in [1.165, 1.54) is 24.9 Å². The number of ether oxygens (including phenoxy) is 1. The lowest BCUT2D eigenvalue weighted by molar-refractivity contribution is 0.410. The molecular weight excluding hydrogens is 310 g/mol. The lowest BCUT2D eigenvalue weighted by atomic mass is 10.3. The second kappa shape index (κ2) is 6.67. The van der Waals surface area contributed by atoms with Gasteiger partial charge in [-0.1, -0.05) is 11.8 Å². The van der Waals surface area contributed by atoms with Crippen LogP contribution < -0.4 is 10.1 Å². The minimum atomic E-state index is -3.66. The van der Waals surface area contributed by atoms with Gasteiger partial charge in [0, 0.05) is 11.8 Å². The monoisotopic (exact) mass is 329 g/mol. The van der Waals surface area contributed by atoms with Gasteiger partial charge in [0.25, 0.3) is 10.0 Å². The Bertz CT molecular complexity index is 642. The molecule has 1 N–H and O–H groups in total. The van der Waals surface area contributed by atoms with E-state index >= 15 is 0 Å². The van der Waals surface area contributed by atoms with Gasteiger partial charge in [0.2, 0.25) is 0 Å². The zero-order valence-electron chi connectivity index (χ0n) is 12.3. The topological polar surface area (TPSA) is 71.0 Å². The first-order valence-corrected chi connectivity index (χ1v) is 8.92. The van der Waals surface area contributed by atoms with E-state index in [0.29, 0.717) is 16.6 Å². The quantitative estimate of drug-likeness (QED) is 0.831. The van der Waals surface area contributed by atoms with Crippen LogP contribution in [0, 0.1) is 0 Å². The van der Waals surface area contributed by atoms with Crippen molar-refractivity contribution in [2.24, 2.45) is 4.40 Å². The first-order valence-electron chi connectivity index (χ1n) is 6.50. The molecular formula is C13H19N3O3S2. The first kappa shape index (κ1) is 16.1. The number of fused-ring (bicyclic) bond motifs is 1. The van der Waals surface area contributed by atoms with Crippen molar-refractivity contribution in [1.29, 1.82) is 0 Å². The van der Waals surface area contributed by atoms with Crippen molar-refractivity contribution < 1.29 is 13.2 Å². The third-order valence-electron chi connectivity index (χ3n) is 2.90. The molecule has 0 fully saturated rings. The molecule has 0 amide bonds. The number of benzene rings is 1. The van der Waals surface area contributed by atoms with Gasteiger partial charge in [-0.2, -0.15) is 8.42 Å². The first-order chi connectivity index (χ1) is 9.92. The lowest BCUT2D eigenvalue weighted by Gasteiger charge is -2.18. The van der Waals surface area contributed by atoms with E-state index in [9.17, 15) is 8.42 Å². The number of hydrogen-bond donors (Lipinski definition) is 1. The van der Waals surface area contributed by atoms with Gasteiger partial charge < -0.3 is 15.0 Å². The second-order valence-corrected chi connectivity index (χ2v) is 7.52. The summed E-state index contributed by atoms with van der Waals surface area (Å²) in [6, 6.07) is 4.90. The molecule has 1 aliphatic heterocycles. The van der Waals surface area contributed by atoms with Gasteiger partial charge in [-0.15, -0.1) is 4.40 Å². The van der Waals surface area contributed by atoms with Crippen molar-refractivity contribution >= 4 is 32.6 Å². The second-order valence-electron chi connectivity index (χ2n) is 4.86. The molecule has 1 aromatic rings. The molecule has 116 valence electrons. The van der Waals surface area contributed by atoms with Crippen LogP contribution in [0.25, 0.3) is 0 Å². The molecule has 0 saturated carbocycles. The molecule has 1 aliphatic rings. The molecule has 0 atom stereocenters. The minimum Gasteiger partial charge on any atom is -0.497 e. The van der Waals surface area contributed by atoms with Gasteiger partial charge >= 0.3 is 0 Å². The van der Waals surface area contributed by atoms with E-state index in [-0.39, 0.29) is 4.90 Å². The Labute approximate surface area is 129 Å². The van der Waals surface area contributed by atoms with Crippen LogP contribution in [0.5, 0.6) is 5.75 Å². The van der Waals surface area contributed by atoms with E-state index in [2.05, 4.69) is 14.6 Å². The number of anilines is 1. The highest BCUT2D eigenvalue weighted by Crippen LogP contribution is 2.32. The molecule has 21 heavy (non-hydrogen) atoms. The third kappa shape index (κ3) is 4.12. The number of sulfonamides is 1. The van der Waals surface area contributed by atoms with Crippen LogP contribution in [0.4, 0.5) is 5.69 Å². The summed E-state index contributed by atoms with van der Waals surface area (Å²) >= 11 is 1.42.